The van der Waals surface area contributed by atoms with Crippen molar-refractivity contribution in [1.29, 1.82) is 0 Å². The maximum atomic E-state index is 10.3. The number of nitrogens with zero attached hydrogens (tertiary/aromatic N) is 7. The van der Waals surface area contributed by atoms with Gasteiger partial charge in [-0.05, 0) is 57.7 Å². The van der Waals surface area contributed by atoms with Crippen LogP contribution in [0.25, 0.3) is 27.9 Å². The number of allylic oxidation sites excluding steroid dienone is 3. The van der Waals surface area contributed by atoms with Crippen LogP contribution in [0.2, 0.25) is 0 Å². The largest absolute Gasteiger partial charge is 0.508 e. The zero-order valence-electron chi connectivity index (χ0n) is 23.4. The van der Waals surface area contributed by atoms with Gasteiger partial charge in [0.25, 0.3) is 0 Å². The molecule has 1 aliphatic heterocycles. The summed E-state index contributed by atoms with van der Waals surface area (Å²) in [5.41, 5.74) is 6.23. The van der Waals surface area contributed by atoms with Crippen molar-refractivity contribution in [2.24, 2.45) is 5.92 Å². The minimum Gasteiger partial charge on any atom is -0.508 e. The van der Waals surface area contributed by atoms with Crippen LogP contribution in [0.4, 0.5) is 5.95 Å². The van der Waals surface area contributed by atoms with Crippen LogP contribution in [0.3, 0.4) is 0 Å². The van der Waals surface area contributed by atoms with Gasteiger partial charge in [-0.1, -0.05) is 25.1 Å². The Balaban J connectivity index is 1.29. The summed E-state index contributed by atoms with van der Waals surface area (Å²) in [7, 11) is 0. The quantitative estimate of drug-likeness (QED) is 0.209. The van der Waals surface area contributed by atoms with Gasteiger partial charge in [-0.3, -0.25) is 0 Å². The number of hydrogen-bond donors (Lipinski definition) is 1. The van der Waals surface area contributed by atoms with Crippen LogP contribution in [0, 0.1) is 5.92 Å². The van der Waals surface area contributed by atoms with Gasteiger partial charge in [-0.25, -0.2) is 9.97 Å². The molecule has 4 aromatic rings. The number of fused-ring (bicyclic) bond motifs is 1. The number of anilines is 1. The molecule has 1 saturated heterocycles. The van der Waals surface area contributed by atoms with E-state index in [1.165, 1.54) is 5.69 Å². The zero-order chi connectivity index (χ0) is 27.5. The summed E-state index contributed by atoms with van der Waals surface area (Å²) >= 11 is 0. The highest BCUT2D eigenvalue weighted by Crippen LogP contribution is 2.34. The van der Waals surface area contributed by atoms with E-state index in [4.69, 9.17) is 4.52 Å². The Morgan fingerprint density at radius 2 is 1.82 bits per heavy atom. The summed E-state index contributed by atoms with van der Waals surface area (Å²) in [6.45, 7) is 12.8. The van der Waals surface area contributed by atoms with Gasteiger partial charge in [0.1, 0.15) is 22.7 Å². The number of aliphatic hydroxyl groups excluding tert-OH is 1. The first-order valence-corrected chi connectivity index (χ1v) is 13.8. The highest BCUT2D eigenvalue weighted by atomic mass is 16.5. The Kier molecular flexibility index (Phi) is 7.77. The van der Waals surface area contributed by atoms with E-state index < -0.39 is 0 Å². The van der Waals surface area contributed by atoms with Crippen LogP contribution in [0.5, 0.6) is 0 Å². The molecule has 9 nitrogen and oxygen atoms in total. The van der Waals surface area contributed by atoms with Gasteiger partial charge in [0, 0.05) is 67.3 Å². The lowest BCUT2D eigenvalue weighted by molar-refractivity contribution is 0.370. The Morgan fingerprint density at radius 1 is 1.08 bits per heavy atom. The van der Waals surface area contributed by atoms with E-state index in [9.17, 15) is 5.11 Å². The van der Waals surface area contributed by atoms with Gasteiger partial charge < -0.3 is 19.1 Å². The Labute approximate surface area is 229 Å². The average Bonchev–Trinajstić information content (AvgIpc) is 3.57. The molecule has 5 heterocycles. The summed E-state index contributed by atoms with van der Waals surface area (Å²) < 4.78 is 7.81. The van der Waals surface area contributed by atoms with E-state index in [1.54, 1.807) is 6.08 Å². The summed E-state index contributed by atoms with van der Waals surface area (Å²) in [4.78, 5) is 11.6. The van der Waals surface area contributed by atoms with E-state index in [2.05, 4.69) is 61.6 Å². The van der Waals surface area contributed by atoms with Gasteiger partial charge in [0.2, 0.25) is 5.95 Å². The van der Waals surface area contributed by atoms with E-state index in [0.29, 0.717) is 23.1 Å². The first-order valence-electron chi connectivity index (χ1n) is 13.8. The third-order valence-electron chi connectivity index (χ3n) is 7.42. The van der Waals surface area contributed by atoms with Crippen LogP contribution < -0.4 is 4.90 Å². The standard InChI is InChI=1S/C30H37N7O2/c1-6-23(29(38)7-2)25-15-28-26(34-33-25)16-27(37(28)8-3)20-9-11-36(12-10-20)30-31-17-21(18-32-30)24-14-22(39-35-24)13-19(4)5/h6-7,14-20,38H,8-13H2,1-5H3/b23-6-,29-7+. The second-order valence-electron chi connectivity index (χ2n) is 10.5. The van der Waals surface area contributed by atoms with E-state index in [1.807, 2.05) is 44.4 Å². The molecular formula is C30H37N7O2. The molecule has 1 aliphatic rings. The number of hydrogen-bond acceptors (Lipinski definition) is 8. The second-order valence-corrected chi connectivity index (χ2v) is 10.5. The molecular weight excluding hydrogens is 490 g/mol. The topological polar surface area (TPSA) is 106 Å². The number of aromatic nitrogens is 6. The lowest BCUT2D eigenvalue weighted by Crippen LogP contribution is -2.34. The van der Waals surface area contributed by atoms with E-state index >= 15 is 0 Å². The minimum absolute atomic E-state index is 0.209. The normalized spacial score (nSPS) is 15.6. The van der Waals surface area contributed by atoms with Crippen molar-refractivity contribution in [2.75, 3.05) is 18.0 Å². The molecule has 4 aromatic heterocycles. The molecule has 39 heavy (non-hydrogen) atoms. The SMILES string of the molecule is C/C=C(\C(O)=C/C)c1cc2c(cc(C3CCN(c4ncc(-c5cc(CC(C)C)on5)cn4)CC3)n2CC)nn1. The van der Waals surface area contributed by atoms with Crippen LogP contribution in [0.1, 0.15) is 70.5 Å². The first kappa shape index (κ1) is 26.6. The molecule has 0 atom stereocenters. The van der Waals surface area contributed by atoms with Gasteiger partial charge in [0.15, 0.2) is 0 Å². The van der Waals surface area contributed by atoms with Gasteiger partial charge in [0.05, 0.1) is 11.2 Å². The second kappa shape index (κ2) is 11.4. The predicted octanol–water partition coefficient (Wildman–Crippen LogP) is 6.34. The maximum Gasteiger partial charge on any atom is 0.225 e. The summed E-state index contributed by atoms with van der Waals surface area (Å²) in [6, 6.07) is 6.19. The van der Waals surface area contributed by atoms with Crippen molar-refractivity contribution < 1.29 is 9.63 Å². The van der Waals surface area contributed by atoms with Crippen molar-refractivity contribution in [3.63, 3.8) is 0 Å². The lowest BCUT2D eigenvalue weighted by atomic mass is 9.93. The molecule has 1 fully saturated rings. The van der Waals surface area contributed by atoms with Gasteiger partial charge in [-0.2, -0.15) is 0 Å². The minimum atomic E-state index is 0.209. The van der Waals surface area contributed by atoms with E-state index in [-0.39, 0.29) is 5.76 Å². The molecule has 0 bridgehead atoms. The van der Waals surface area contributed by atoms with Gasteiger partial charge in [-0.15, -0.1) is 10.2 Å². The lowest BCUT2D eigenvalue weighted by Gasteiger charge is -2.32. The molecule has 5 rings (SSSR count). The average molecular weight is 528 g/mol. The van der Waals surface area contributed by atoms with Crippen molar-refractivity contribution in [3.8, 4) is 11.3 Å². The molecule has 1 N–H and O–H groups in total. The molecule has 9 heteroatoms. The molecule has 0 aliphatic carbocycles. The smallest absolute Gasteiger partial charge is 0.225 e. The fourth-order valence-electron chi connectivity index (χ4n) is 5.41. The van der Waals surface area contributed by atoms with Crippen molar-refractivity contribution in [2.45, 2.75) is 66.3 Å². The third-order valence-corrected chi connectivity index (χ3v) is 7.42. The third kappa shape index (κ3) is 5.44. The number of piperidine rings is 1. The molecule has 0 spiro atoms. The van der Waals surface area contributed by atoms with Crippen LogP contribution in [0.15, 0.2) is 53.0 Å². The molecule has 0 aromatic carbocycles. The van der Waals surface area contributed by atoms with Crippen molar-refractivity contribution in [3.05, 3.63) is 65.7 Å². The number of aryl methyl sites for hydroxylation is 1. The molecule has 0 amide bonds. The first-order chi connectivity index (χ1) is 18.9. The summed E-state index contributed by atoms with van der Waals surface area (Å²) in [5.74, 6) is 2.77. The molecule has 0 saturated carbocycles. The van der Waals surface area contributed by atoms with Crippen LogP contribution in [-0.2, 0) is 13.0 Å². The molecule has 0 unspecified atom stereocenters. The Hall–Kier alpha value is -4.01. The predicted molar refractivity (Wildman–Crippen MR) is 153 cm³/mol. The zero-order valence-corrected chi connectivity index (χ0v) is 23.4. The fraction of sp³-hybridized carbons (Fsp3) is 0.433. The van der Waals surface area contributed by atoms with Gasteiger partial charge >= 0.3 is 0 Å². The van der Waals surface area contributed by atoms with Crippen molar-refractivity contribution in [1.82, 2.24) is 29.9 Å². The summed E-state index contributed by atoms with van der Waals surface area (Å²) in [5, 5.41) is 23.4. The molecule has 204 valence electrons. The monoisotopic (exact) mass is 527 g/mol. The van der Waals surface area contributed by atoms with Crippen molar-refractivity contribution >= 4 is 22.6 Å². The summed E-state index contributed by atoms with van der Waals surface area (Å²) in [6.07, 6.45) is 10.1. The Bertz CT molecular complexity index is 1490. The van der Waals surface area contributed by atoms with Crippen LogP contribution >= 0.6 is 0 Å². The highest BCUT2D eigenvalue weighted by molar-refractivity contribution is 5.83. The van der Waals surface area contributed by atoms with E-state index in [0.717, 1.165) is 72.9 Å². The molecule has 0 radical (unpaired) electrons. The van der Waals surface area contributed by atoms with Crippen LogP contribution in [-0.4, -0.2) is 48.1 Å². The Morgan fingerprint density at radius 3 is 2.46 bits per heavy atom. The number of rotatable bonds is 8. The fourth-order valence-corrected chi connectivity index (χ4v) is 5.41. The maximum absolute atomic E-state index is 10.3. The number of aliphatic hydroxyl groups is 1. The highest BCUT2D eigenvalue weighted by Gasteiger charge is 2.26.